The van der Waals surface area contributed by atoms with Gasteiger partial charge in [0.05, 0.1) is 18.2 Å². The fourth-order valence-corrected chi connectivity index (χ4v) is 4.93. The van der Waals surface area contributed by atoms with E-state index in [1.165, 1.54) is 17.7 Å². The number of nitrogens with zero attached hydrogens (tertiary/aromatic N) is 3. The highest BCUT2D eigenvalue weighted by Gasteiger charge is 2.35. The zero-order valence-electron chi connectivity index (χ0n) is 15.5. The minimum absolute atomic E-state index is 0.183. The minimum atomic E-state index is -0.663. The van der Waals surface area contributed by atoms with Crippen LogP contribution in [0.2, 0.25) is 0 Å². The molecular weight excluding hydrogens is 341 g/mol. The summed E-state index contributed by atoms with van der Waals surface area (Å²) in [7, 11) is 0. The highest BCUT2D eigenvalue weighted by Crippen LogP contribution is 2.43. The molecule has 0 radical (unpaired) electrons. The van der Waals surface area contributed by atoms with Crippen molar-refractivity contribution in [2.24, 2.45) is 0 Å². The van der Waals surface area contributed by atoms with Gasteiger partial charge < -0.3 is 9.67 Å². The molecule has 4 heterocycles. The predicted molar refractivity (Wildman–Crippen MR) is 103 cm³/mol. The Morgan fingerprint density at radius 2 is 2.22 bits per heavy atom. The second-order valence-electron chi connectivity index (χ2n) is 7.84. The summed E-state index contributed by atoms with van der Waals surface area (Å²) >= 11 is 0. The zero-order valence-corrected chi connectivity index (χ0v) is 15.5. The lowest BCUT2D eigenvalue weighted by Gasteiger charge is -2.31. The van der Waals surface area contributed by atoms with Gasteiger partial charge in [0.2, 0.25) is 0 Å². The van der Waals surface area contributed by atoms with Gasteiger partial charge in [-0.05, 0) is 55.6 Å². The third kappa shape index (κ3) is 2.68. The van der Waals surface area contributed by atoms with Crippen LogP contribution in [0.25, 0.3) is 10.9 Å². The Balaban J connectivity index is 1.66. The average molecular weight is 365 g/mol. The highest BCUT2D eigenvalue weighted by atomic mass is 19.1. The normalized spacial score (nSPS) is 20.6. The Labute approximate surface area is 158 Å². The molecule has 2 aliphatic rings. The molecule has 0 amide bonds. The molecule has 2 aliphatic heterocycles. The maximum Gasteiger partial charge on any atom is 0.128 e. The molecule has 5 rings (SSSR count). The molecule has 1 aromatic carbocycles. The van der Waals surface area contributed by atoms with E-state index in [1.54, 1.807) is 18.5 Å². The van der Waals surface area contributed by atoms with E-state index in [2.05, 4.69) is 14.5 Å². The van der Waals surface area contributed by atoms with Crippen molar-refractivity contribution < 1.29 is 9.50 Å². The van der Waals surface area contributed by atoms with Gasteiger partial charge in [-0.2, -0.15) is 0 Å². The third-order valence-electron chi connectivity index (χ3n) is 6.25. The highest BCUT2D eigenvalue weighted by molar-refractivity contribution is 5.87. The maximum absolute atomic E-state index is 14.4. The topological polar surface area (TPSA) is 41.3 Å². The summed E-state index contributed by atoms with van der Waals surface area (Å²) in [6.07, 6.45) is 6.07. The number of fused-ring (bicyclic) bond motifs is 5. The number of benzene rings is 1. The number of hydrogen-bond acceptors (Lipinski definition) is 3. The van der Waals surface area contributed by atoms with E-state index in [4.69, 9.17) is 0 Å². The van der Waals surface area contributed by atoms with Gasteiger partial charge in [0.1, 0.15) is 5.82 Å². The summed E-state index contributed by atoms with van der Waals surface area (Å²) < 4.78 is 16.6. The molecule has 1 fully saturated rings. The Morgan fingerprint density at radius 3 is 3.04 bits per heavy atom. The smallest absolute Gasteiger partial charge is 0.128 e. The van der Waals surface area contributed by atoms with Crippen molar-refractivity contribution in [2.75, 3.05) is 13.1 Å². The van der Waals surface area contributed by atoms with Crippen LogP contribution in [0.1, 0.15) is 47.4 Å². The van der Waals surface area contributed by atoms with Gasteiger partial charge in [0.25, 0.3) is 0 Å². The second-order valence-corrected chi connectivity index (χ2v) is 7.84. The summed E-state index contributed by atoms with van der Waals surface area (Å²) in [6, 6.07) is 7.80. The van der Waals surface area contributed by atoms with Crippen molar-refractivity contribution in [2.45, 2.75) is 44.9 Å². The van der Waals surface area contributed by atoms with Crippen LogP contribution in [0.5, 0.6) is 0 Å². The SMILES string of the molecule is Cc1cc2c3c(n(CC(O)c4cccnc4)c2cc1F)CCN1CCCC31. The van der Waals surface area contributed by atoms with Crippen LogP contribution in [0, 0.1) is 12.7 Å². The first-order valence-electron chi connectivity index (χ1n) is 9.76. The van der Waals surface area contributed by atoms with Gasteiger partial charge in [0.15, 0.2) is 0 Å². The molecule has 3 aromatic rings. The van der Waals surface area contributed by atoms with Gasteiger partial charge in [0, 0.05) is 48.0 Å². The van der Waals surface area contributed by atoms with Crippen molar-refractivity contribution in [3.63, 3.8) is 0 Å². The van der Waals surface area contributed by atoms with E-state index in [9.17, 15) is 9.50 Å². The molecule has 1 N–H and O–H groups in total. The molecular formula is C22H24FN3O. The molecule has 5 heteroatoms. The lowest BCUT2D eigenvalue weighted by Crippen LogP contribution is -2.31. The minimum Gasteiger partial charge on any atom is -0.386 e. The molecule has 2 atom stereocenters. The van der Waals surface area contributed by atoms with Crippen molar-refractivity contribution >= 4 is 10.9 Å². The lowest BCUT2D eigenvalue weighted by molar-refractivity contribution is 0.155. The van der Waals surface area contributed by atoms with Gasteiger partial charge in [-0.3, -0.25) is 9.88 Å². The van der Waals surface area contributed by atoms with Crippen molar-refractivity contribution in [1.82, 2.24) is 14.5 Å². The van der Waals surface area contributed by atoms with Crippen molar-refractivity contribution in [1.29, 1.82) is 0 Å². The van der Waals surface area contributed by atoms with E-state index >= 15 is 0 Å². The lowest BCUT2D eigenvalue weighted by atomic mass is 9.95. The molecule has 4 nitrogen and oxygen atoms in total. The number of aryl methyl sites for hydroxylation is 1. The number of hydrogen-bond donors (Lipinski definition) is 1. The number of aliphatic hydroxyl groups excluding tert-OH is 1. The molecule has 0 aliphatic carbocycles. The number of aromatic nitrogens is 2. The van der Waals surface area contributed by atoms with E-state index in [-0.39, 0.29) is 5.82 Å². The molecule has 27 heavy (non-hydrogen) atoms. The summed E-state index contributed by atoms with van der Waals surface area (Å²) in [5.41, 5.74) is 5.00. The first-order chi connectivity index (χ1) is 13.1. The van der Waals surface area contributed by atoms with Crippen molar-refractivity contribution in [3.8, 4) is 0 Å². The fraction of sp³-hybridized carbons (Fsp3) is 0.409. The van der Waals surface area contributed by atoms with Crippen LogP contribution in [0.15, 0.2) is 36.7 Å². The van der Waals surface area contributed by atoms with E-state index < -0.39 is 6.10 Å². The largest absolute Gasteiger partial charge is 0.386 e. The Hall–Kier alpha value is -2.24. The van der Waals surface area contributed by atoms with Crippen LogP contribution in [-0.2, 0) is 13.0 Å². The van der Waals surface area contributed by atoms with Gasteiger partial charge >= 0.3 is 0 Å². The summed E-state index contributed by atoms with van der Waals surface area (Å²) in [5.74, 6) is -0.183. The first kappa shape index (κ1) is 16.9. The molecule has 2 unspecified atom stereocenters. The molecule has 0 spiro atoms. The number of halogens is 1. The van der Waals surface area contributed by atoms with E-state index in [0.717, 1.165) is 42.4 Å². The Bertz CT molecular complexity index is 998. The predicted octanol–water partition coefficient (Wildman–Crippen LogP) is 3.91. The zero-order chi connectivity index (χ0) is 18.5. The molecule has 1 saturated heterocycles. The van der Waals surface area contributed by atoms with Crippen LogP contribution in [0.4, 0.5) is 4.39 Å². The number of rotatable bonds is 3. The Morgan fingerprint density at radius 1 is 1.33 bits per heavy atom. The number of aliphatic hydroxyl groups is 1. The van der Waals surface area contributed by atoms with E-state index in [1.807, 2.05) is 25.1 Å². The average Bonchev–Trinajstić information content (AvgIpc) is 3.26. The molecule has 0 bridgehead atoms. The van der Waals surface area contributed by atoms with Crippen molar-refractivity contribution in [3.05, 3.63) is 64.9 Å². The fourth-order valence-electron chi connectivity index (χ4n) is 4.93. The summed E-state index contributed by atoms with van der Waals surface area (Å²) in [4.78, 5) is 6.68. The van der Waals surface area contributed by atoms with E-state index in [0.29, 0.717) is 18.2 Å². The quantitative estimate of drug-likeness (QED) is 0.765. The van der Waals surface area contributed by atoms with Crippen LogP contribution in [0.3, 0.4) is 0 Å². The van der Waals surface area contributed by atoms with Gasteiger partial charge in [-0.1, -0.05) is 6.07 Å². The van der Waals surface area contributed by atoms with Crippen LogP contribution >= 0.6 is 0 Å². The standard InChI is InChI=1S/C22H24FN3O/c1-14-10-16-20(11-17(14)23)26(13-21(27)15-4-2-7-24-12-15)19-6-9-25-8-3-5-18(25)22(16)19/h2,4,7,10-12,18,21,27H,3,5-6,8-9,13H2,1H3. The maximum atomic E-state index is 14.4. The monoisotopic (exact) mass is 365 g/mol. The Kier molecular flexibility index (Phi) is 4.02. The molecule has 140 valence electrons. The first-order valence-corrected chi connectivity index (χ1v) is 9.76. The number of pyridine rings is 1. The third-order valence-corrected chi connectivity index (χ3v) is 6.25. The van der Waals surface area contributed by atoms with Gasteiger partial charge in [-0.25, -0.2) is 4.39 Å². The molecule has 2 aromatic heterocycles. The van der Waals surface area contributed by atoms with Crippen LogP contribution < -0.4 is 0 Å². The summed E-state index contributed by atoms with van der Waals surface area (Å²) in [6.45, 7) is 4.44. The molecule has 0 saturated carbocycles. The van der Waals surface area contributed by atoms with Crippen LogP contribution in [-0.4, -0.2) is 32.6 Å². The summed E-state index contributed by atoms with van der Waals surface area (Å²) in [5, 5.41) is 12.0. The van der Waals surface area contributed by atoms with Gasteiger partial charge in [-0.15, -0.1) is 0 Å². The second kappa shape index (κ2) is 6.43.